The molecule has 3 aromatic carbocycles. The Bertz CT molecular complexity index is 1330. The van der Waals surface area contributed by atoms with Gasteiger partial charge in [0.15, 0.2) is 0 Å². The van der Waals surface area contributed by atoms with Crippen molar-refractivity contribution in [2.45, 2.75) is 19.6 Å². The van der Waals surface area contributed by atoms with E-state index in [9.17, 15) is 13.2 Å². The average Bonchev–Trinajstić information content (AvgIpc) is 3.21. The van der Waals surface area contributed by atoms with Crippen molar-refractivity contribution >= 4 is 27.0 Å². The fourth-order valence-corrected chi connectivity index (χ4v) is 4.97. The smallest absolute Gasteiger partial charge is 0.248 e. The minimum absolute atomic E-state index is 0.0737. The van der Waals surface area contributed by atoms with E-state index in [0.717, 1.165) is 16.6 Å². The van der Waals surface area contributed by atoms with Crippen LogP contribution in [0.2, 0.25) is 0 Å². The summed E-state index contributed by atoms with van der Waals surface area (Å²) in [5.74, 6) is -0.619. The number of aryl methyl sites for hydroxylation is 1. The molecule has 1 aromatic heterocycles. The summed E-state index contributed by atoms with van der Waals surface area (Å²) >= 11 is 0. The van der Waals surface area contributed by atoms with Crippen LogP contribution >= 0.6 is 0 Å². The zero-order valence-corrected chi connectivity index (χ0v) is 18.3. The first-order valence-electron chi connectivity index (χ1n) is 10.2. The summed E-state index contributed by atoms with van der Waals surface area (Å²) < 4.78 is 30.1. The van der Waals surface area contributed by atoms with Crippen LogP contribution in [-0.2, 0) is 29.7 Å². The van der Waals surface area contributed by atoms with E-state index in [4.69, 9.17) is 5.73 Å². The van der Waals surface area contributed by atoms with Gasteiger partial charge in [0.1, 0.15) is 0 Å². The van der Waals surface area contributed by atoms with Gasteiger partial charge >= 0.3 is 0 Å². The number of hydrogen-bond acceptors (Lipinski definition) is 4. The SMILES string of the molecule is NC(=O)c1cccc(CN(Cc2ccccc2)S(=O)(=O)CCn2cnc3ccccc32)c1. The zero-order chi connectivity index (χ0) is 22.6. The molecule has 4 rings (SSSR count). The molecule has 0 unspecified atom stereocenters. The first-order valence-corrected chi connectivity index (χ1v) is 11.8. The van der Waals surface area contributed by atoms with Crippen molar-refractivity contribution in [1.82, 2.24) is 13.9 Å². The van der Waals surface area contributed by atoms with Crippen molar-refractivity contribution in [2.24, 2.45) is 5.73 Å². The van der Waals surface area contributed by atoms with E-state index < -0.39 is 15.9 Å². The molecule has 7 nitrogen and oxygen atoms in total. The lowest BCUT2D eigenvalue weighted by atomic mass is 10.1. The molecule has 8 heteroatoms. The summed E-state index contributed by atoms with van der Waals surface area (Å²) in [6.45, 7) is 0.660. The third-order valence-corrected chi connectivity index (χ3v) is 7.03. The second kappa shape index (κ2) is 9.33. The molecule has 0 atom stereocenters. The third kappa shape index (κ3) is 5.04. The van der Waals surface area contributed by atoms with Gasteiger partial charge in [0.05, 0.1) is 23.1 Å². The number of rotatable bonds is 9. The number of amides is 1. The number of carbonyl (C=O) groups is 1. The number of fused-ring (bicyclic) bond motifs is 1. The van der Waals surface area contributed by atoms with Crippen molar-refractivity contribution in [3.8, 4) is 0 Å². The Morgan fingerprint density at radius 1 is 0.906 bits per heavy atom. The summed E-state index contributed by atoms with van der Waals surface area (Å²) in [5.41, 5.74) is 9.05. The highest BCUT2D eigenvalue weighted by molar-refractivity contribution is 7.89. The van der Waals surface area contributed by atoms with Crippen LogP contribution < -0.4 is 5.73 Å². The molecule has 0 saturated heterocycles. The van der Waals surface area contributed by atoms with Crippen molar-refractivity contribution in [3.05, 3.63) is 102 Å². The highest BCUT2D eigenvalue weighted by atomic mass is 32.2. The Balaban J connectivity index is 1.58. The predicted octanol–water partition coefficient (Wildman–Crippen LogP) is 3.17. The summed E-state index contributed by atoms with van der Waals surface area (Å²) in [5, 5.41) is 0. The van der Waals surface area contributed by atoms with E-state index in [0.29, 0.717) is 11.1 Å². The molecule has 0 aliphatic carbocycles. The Kier molecular flexibility index (Phi) is 6.34. The summed E-state index contributed by atoms with van der Waals surface area (Å²) in [6, 6.07) is 23.8. The Labute approximate surface area is 187 Å². The Hall–Kier alpha value is -3.49. The van der Waals surface area contributed by atoms with Crippen LogP contribution in [-0.4, -0.2) is 33.9 Å². The van der Waals surface area contributed by atoms with Gasteiger partial charge in [0.25, 0.3) is 0 Å². The number of nitrogens with two attached hydrogens (primary N) is 1. The fourth-order valence-electron chi connectivity index (χ4n) is 3.60. The van der Waals surface area contributed by atoms with Crippen LogP contribution in [0, 0.1) is 0 Å². The quantitative estimate of drug-likeness (QED) is 0.425. The Morgan fingerprint density at radius 2 is 1.59 bits per heavy atom. The van der Waals surface area contributed by atoms with Crippen LogP contribution in [0.15, 0.2) is 85.2 Å². The molecular formula is C24H24N4O3S. The van der Waals surface area contributed by atoms with E-state index in [2.05, 4.69) is 4.98 Å². The minimum atomic E-state index is -3.63. The summed E-state index contributed by atoms with van der Waals surface area (Å²) in [7, 11) is -3.63. The van der Waals surface area contributed by atoms with Gasteiger partial charge in [0, 0.05) is 25.2 Å². The third-order valence-electron chi connectivity index (χ3n) is 5.28. The maximum absolute atomic E-state index is 13.4. The molecule has 32 heavy (non-hydrogen) atoms. The molecule has 0 bridgehead atoms. The van der Waals surface area contributed by atoms with Gasteiger partial charge in [-0.05, 0) is 35.4 Å². The first-order chi connectivity index (χ1) is 15.4. The molecule has 0 fully saturated rings. The number of aromatic nitrogens is 2. The highest BCUT2D eigenvalue weighted by Gasteiger charge is 2.23. The van der Waals surface area contributed by atoms with Crippen molar-refractivity contribution < 1.29 is 13.2 Å². The maximum atomic E-state index is 13.4. The Morgan fingerprint density at radius 3 is 2.38 bits per heavy atom. The topological polar surface area (TPSA) is 98.3 Å². The van der Waals surface area contributed by atoms with Gasteiger partial charge < -0.3 is 10.3 Å². The number of primary amides is 1. The number of benzene rings is 3. The van der Waals surface area contributed by atoms with Crippen molar-refractivity contribution in [3.63, 3.8) is 0 Å². The predicted molar refractivity (Wildman–Crippen MR) is 124 cm³/mol. The number of sulfonamides is 1. The van der Waals surface area contributed by atoms with Gasteiger partial charge in [-0.15, -0.1) is 0 Å². The van der Waals surface area contributed by atoms with Crippen LogP contribution in [0.1, 0.15) is 21.5 Å². The number of para-hydroxylation sites is 2. The lowest BCUT2D eigenvalue weighted by Crippen LogP contribution is -2.33. The fraction of sp³-hybridized carbons (Fsp3) is 0.167. The normalized spacial score (nSPS) is 11.8. The molecule has 0 aliphatic heterocycles. The number of nitrogens with zero attached hydrogens (tertiary/aromatic N) is 3. The minimum Gasteiger partial charge on any atom is -0.366 e. The average molecular weight is 449 g/mol. The van der Waals surface area contributed by atoms with Gasteiger partial charge in [-0.25, -0.2) is 13.4 Å². The number of imidazole rings is 1. The molecule has 1 heterocycles. The second-order valence-electron chi connectivity index (χ2n) is 7.56. The zero-order valence-electron chi connectivity index (χ0n) is 17.5. The molecule has 0 saturated carbocycles. The second-order valence-corrected chi connectivity index (χ2v) is 9.65. The number of carbonyl (C=O) groups excluding carboxylic acids is 1. The van der Waals surface area contributed by atoms with E-state index in [1.807, 2.05) is 59.2 Å². The van der Waals surface area contributed by atoms with E-state index in [1.165, 1.54) is 4.31 Å². The standard InChI is InChI=1S/C24H24N4O3S/c25-24(29)21-10-6-9-20(15-21)17-28(16-19-7-2-1-3-8-19)32(30,31)14-13-27-18-26-22-11-4-5-12-23(22)27/h1-12,15,18H,13-14,16-17H2,(H2,25,29). The molecule has 164 valence electrons. The van der Waals surface area contributed by atoms with Crippen LogP contribution in [0.25, 0.3) is 11.0 Å². The van der Waals surface area contributed by atoms with Gasteiger partial charge in [-0.1, -0.05) is 54.6 Å². The van der Waals surface area contributed by atoms with Crippen LogP contribution in [0.3, 0.4) is 0 Å². The van der Waals surface area contributed by atoms with E-state index in [-0.39, 0.29) is 25.4 Å². The molecule has 0 spiro atoms. The van der Waals surface area contributed by atoms with Gasteiger partial charge in [-0.2, -0.15) is 4.31 Å². The largest absolute Gasteiger partial charge is 0.366 e. The maximum Gasteiger partial charge on any atom is 0.248 e. The summed E-state index contributed by atoms with van der Waals surface area (Å²) in [4.78, 5) is 15.9. The van der Waals surface area contributed by atoms with Gasteiger partial charge in [0.2, 0.25) is 15.9 Å². The first kappa shape index (κ1) is 21.7. The van der Waals surface area contributed by atoms with Crippen molar-refractivity contribution in [2.75, 3.05) is 5.75 Å². The molecule has 0 radical (unpaired) electrons. The van der Waals surface area contributed by atoms with E-state index in [1.54, 1.807) is 30.6 Å². The monoisotopic (exact) mass is 448 g/mol. The molecular weight excluding hydrogens is 424 g/mol. The molecule has 2 N–H and O–H groups in total. The van der Waals surface area contributed by atoms with Crippen LogP contribution in [0.5, 0.6) is 0 Å². The summed E-state index contributed by atoms with van der Waals surface area (Å²) in [6.07, 6.45) is 1.66. The lowest BCUT2D eigenvalue weighted by Gasteiger charge is -2.23. The van der Waals surface area contributed by atoms with Gasteiger partial charge in [-0.3, -0.25) is 4.79 Å². The van der Waals surface area contributed by atoms with Crippen molar-refractivity contribution in [1.29, 1.82) is 0 Å². The highest BCUT2D eigenvalue weighted by Crippen LogP contribution is 2.18. The lowest BCUT2D eigenvalue weighted by molar-refractivity contribution is 0.1000. The van der Waals surface area contributed by atoms with E-state index >= 15 is 0 Å². The van der Waals surface area contributed by atoms with Crippen LogP contribution in [0.4, 0.5) is 0 Å². The molecule has 1 amide bonds. The molecule has 0 aliphatic rings. The number of hydrogen-bond donors (Lipinski definition) is 1. The molecule has 4 aromatic rings.